The molecule has 0 bridgehead atoms. The second-order valence-corrected chi connectivity index (χ2v) is 6.57. The third-order valence-electron chi connectivity index (χ3n) is 5.01. The lowest BCUT2D eigenvalue weighted by Crippen LogP contribution is -2.31. The second kappa shape index (κ2) is 6.32. The maximum Gasteiger partial charge on any atom is 0.155 e. The van der Waals surface area contributed by atoms with Crippen molar-refractivity contribution >= 4 is 11.0 Å². The van der Waals surface area contributed by atoms with Gasteiger partial charge in [-0.15, -0.1) is 0 Å². The number of benzene rings is 1. The number of hydrogen-bond donors (Lipinski definition) is 2. The highest BCUT2D eigenvalue weighted by Crippen LogP contribution is 2.35. The highest BCUT2D eigenvalue weighted by atomic mass is 19.1. The van der Waals surface area contributed by atoms with Gasteiger partial charge in [-0.3, -0.25) is 5.10 Å². The van der Waals surface area contributed by atoms with Crippen LogP contribution in [0.5, 0.6) is 0 Å². The van der Waals surface area contributed by atoms with Gasteiger partial charge >= 0.3 is 0 Å². The van der Waals surface area contributed by atoms with Crippen LogP contribution in [0.25, 0.3) is 22.2 Å². The van der Waals surface area contributed by atoms with E-state index in [0.29, 0.717) is 12.1 Å². The number of nitrogens with two attached hydrogens (primary N) is 1. The Labute approximate surface area is 141 Å². The van der Waals surface area contributed by atoms with E-state index in [-0.39, 0.29) is 5.41 Å². The number of fused-ring (bicyclic) bond motifs is 1. The smallest absolute Gasteiger partial charge is 0.155 e. The van der Waals surface area contributed by atoms with Crippen LogP contribution in [0.4, 0.5) is 4.39 Å². The van der Waals surface area contributed by atoms with Crippen LogP contribution in [0, 0.1) is 0 Å². The summed E-state index contributed by atoms with van der Waals surface area (Å²) in [4.78, 5) is 4.28. The molecule has 2 aromatic heterocycles. The number of H-pyrrole nitrogens is 1. The molecule has 2 atom stereocenters. The lowest BCUT2D eigenvalue weighted by Gasteiger charge is -2.28. The van der Waals surface area contributed by atoms with Crippen LogP contribution in [-0.4, -0.2) is 21.7 Å². The van der Waals surface area contributed by atoms with Gasteiger partial charge in [0.1, 0.15) is 6.17 Å². The average Bonchev–Trinajstić information content (AvgIpc) is 3.09. The van der Waals surface area contributed by atoms with Crippen molar-refractivity contribution in [1.82, 2.24) is 15.2 Å². The summed E-state index contributed by atoms with van der Waals surface area (Å²) in [6.45, 7) is 6.32. The Hall–Kier alpha value is -2.27. The van der Waals surface area contributed by atoms with E-state index < -0.39 is 6.17 Å². The molecule has 1 aromatic carbocycles. The normalized spacial score (nSPS) is 15.4. The molecule has 2 unspecified atom stereocenters. The Kier molecular flexibility index (Phi) is 4.37. The van der Waals surface area contributed by atoms with Crippen LogP contribution in [0.15, 0.2) is 36.7 Å². The van der Waals surface area contributed by atoms with Crippen molar-refractivity contribution in [3.05, 3.63) is 47.8 Å². The maximum absolute atomic E-state index is 14.1. The van der Waals surface area contributed by atoms with Crippen LogP contribution in [0.3, 0.4) is 0 Å². The minimum absolute atomic E-state index is 0.178. The lowest BCUT2D eigenvalue weighted by molar-refractivity contribution is 0.373. The fourth-order valence-electron chi connectivity index (χ4n) is 2.95. The van der Waals surface area contributed by atoms with E-state index >= 15 is 0 Å². The summed E-state index contributed by atoms with van der Waals surface area (Å²) in [6.07, 6.45) is 3.35. The molecule has 5 heteroatoms. The summed E-state index contributed by atoms with van der Waals surface area (Å²) in [6, 6.07) is 7.90. The van der Waals surface area contributed by atoms with Crippen molar-refractivity contribution in [2.75, 3.05) is 6.54 Å². The van der Waals surface area contributed by atoms with E-state index in [1.165, 1.54) is 0 Å². The zero-order valence-corrected chi connectivity index (χ0v) is 14.3. The van der Waals surface area contributed by atoms with Gasteiger partial charge < -0.3 is 5.73 Å². The van der Waals surface area contributed by atoms with Gasteiger partial charge in [0.05, 0.1) is 6.20 Å². The standard InChI is InChI=1S/C19H23FN4/c1-4-19(3,11-21)15-8-13(12(2)20)7-14(9-15)16-5-6-22-18-17(16)10-23-24-18/h5-10,12H,4,11,21H2,1-3H3,(H,22,23,24). The molecule has 0 spiro atoms. The molecule has 24 heavy (non-hydrogen) atoms. The van der Waals surface area contributed by atoms with E-state index in [0.717, 1.165) is 34.1 Å². The van der Waals surface area contributed by atoms with Gasteiger partial charge in [0, 0.05) is 23.5 Å². The number of aromatic amines is 1. The van der Waals surface area contributed by atoms with Crippen molar-refractivity contribution in [3.63, 3.8) is 0 Å². The van der Waals surface area contributed by atoms with Crippen LogP contribution in [0.2, 0.25) is 0 Å². The highest BCUT2D eigenvalue weighted by molar-refractivity contribution is 5.92. The van der Waals surface area contributed by atoms with E-state index in [9.17, 15) is 4.39 Å². The number of alkyl halides is 1. The summed E-state index contributed by atoms with van der Waals surface area (Å²) in [7, 11) is 0. The van der Waals surface area contributed by atoms with Crippen molar-refractivity contribution in [2.24, 2.45) is 5.73 Å². The summed E-state index contributed by atoms with van der Waals surface area (Å²) in [5.74, 6) is 0. The Morgan fingerprint density at radius 3 is 2.79 bits per heavy atom. The first-order chi connectivity index (χ1) is 11.5. The van der Waals surface area contributed by atoms with E-state index in [4.69, 9.17) is 5.73 Å². The quantitative estimate of drug-likeness (QED) is 0.735. The van der Waals surface area contributed by atoms with E-state index in [2.05, 4.69) is 35.1 Å². The minimum atomic E-state index is -1.04. The minimum Gasteiger partial charge on any atom is -0.330 e. The Bertz CT molecular complexity index is 849. The van der Waals surface area contributed by atoms with Crippen molar-refractivity contribution in [1.29, 1.82) is 0 Å². The molecule has 3 N–H and O–H groups in total. The predicted octanol–water partition coefficient (Wildman–Crippen LogP) is 4.28. The number of rotatable bonds is 5. The Morgan fingerprint density at radius 1 is 1.33 bits per heavy atom. The lowest BCUT2D eigenvalue weighted by atomic mass is 9.78. The summed E-state index contributed by atoms with van der Waals surface area (Å²) < 4.78 is 14.1. The van der Waals surface area contributed by atoms with E-state index in [1.807, 2.05) is 18.2 Å². The molecular weight excluding hydrogens is 303 g/mol. The Morgan fingerprint density at radius 2 is 2.12 bits per heavy atom. The summed E-state index contributed by atoms with van der Waals surface area (Å²) >= 11 is 0. The monoisotopic (exact) mass is 326 g/mol. The summed E-state index contributed by atoms with van der Waals surface area (Å²) in [5, 5.41) is 7.87. The van der Waals surface area contributed by atoms with Gasteiger partial charge in [0.15, 0.2) is 5.65 Å². The first kappa shape index (κ1) is 16.6. The predicted molar refractivity (Wildman–Crippen MR) is 95.5 cm³/mol. The van der Waals surface area contributed by atoms with Gasteiger partial charge in [-0.05, 0) is 47.7 Å². The van der Waals surface area contributed by atoms with Crippen LogP contribution in [0.1, 0.15) is 44.5 Å². The zero-order chi connectivity index (χ0) is 17.3. The van der Waals surface area contributed by atoms with Gasteiger partial charge in [-0.25, -0.2) is 9.37 Å². The van der Waals surface area contributed by atoms with Crippen LogP contribution in [-0.2, 0) is 5.41 Å². The average molecular weight is 326 g/mol. The molecule has 0 radical (unpaired) electrons. The summed E-state index contributed by atoms with van der Waals surface area (Å²) in [5.41, 5.74) is 10.3. The zero-order valence-electron chi connectivity index (χ0n) is 14.3. The first-order valence-electron chi connectivity index (χ1n) is 8.26. The highest BCUT2D eigenvalue weighted by Gasteiger charge is 2.25. The molecule has 4 nitrogen and oxygen atoms in total. The molecule has 0 amide bonds. The number of hydrogen-bond acceptors (Lipinski definition) is 3. The molecule has 0 aliphatic rings. The number of nitrogens with zero attached hydrogens (tertiary/aromatic N) is 2. The van der Waals surface area contributed by atoms with Gasteiger partial charge in [-0.1, -0.05) is 26.0 Å². The van der Waals surface area contributed by atoms with Gasteiger partial charge in [0.25, 0.3) is 0 Å². The molecule has 0 saturated heterocycles. The van der Waals surface area contributed by atoms with Crippen LogP contribution < -0.4 is 5.73 Å². The van der Waals surface area contributed by atoms with Crippen molar-refractivity contribution in [2.45, 2.75) is 38.8 Å². The van der Waals surface area contributed by atoms with Gasteiger partial charge in [0.2, 0.25) is 0 Å². The molecule has 0 aliphatic heterocycles. The second-order valence-electron chi connectivity index (χ2n) is 6.57. The van der Waals surface area contributed by atoms with E-state index in [1.54, 1.807) is 19.3 Å². The third-order valence-corrected chi connectivity index (χ3v) is 5.01. The van der Waals surface area contributed by atoms with Crippen LogP contribution >= 0.6 is 0 Å². The molecule has 126 valence electrons. The molecule has 0 aliphatic carbocycles. The molecule has 0 saturated carbocycles. The molecule has 3 aromatic rings. The third kappa shape index (κ3) is 2.80. The maximum atomic E-state index is 14.1. The largest absolute Gasteiger partial charge is 0.330 e. The molecule has 3 rings (SSSR count). The number of halogens is 1. The molecule has 2 heterocycles. The number of aromatic nitrogens is 3. The fraction of sp³-hybridized carbons (Fsp3) is 0.368. The number of nitrogens with one attached hydrogen (secondary N) is 1. The van der Waals surface area contributed by atoms with Crippen molar-refractivity contribution < 1.29 is 4.39 Å². The number of pyridine rings is 1. The molecular formula is C19H23FN4. The molecule has 0 fully saturated rings. The first-order valence-corrected chi connectivity index (χ1v) is 8.26. The van der Waals surface area contributed by atoms with Crippen molar-refractivity contribution in [3.8, 4) is 11.1 Å². The Balaban J connectivity index is 2.24. The van der Waals surface area contributed by atoms with Gasteiger partial charge in [-0.2, -0.15) is 5.10 Å². The topological polar surface area (TPSA) is 67.6 Å². The SMILES string of the molecule is CCC(C)(CN)c1cc(-c2ccnc3[nH]ncc23)cc(C(C)F)c1. The fourth-order valence-corrected chi connectivity index (χ4v) is 2.95.